The van der Waals surface area contributed by atoms with Gasteiger partial charge in [-0.1, -0.05) is 30.3 Å². The Hall–Kier alpha value is -3.09. The zero-order chi connectivity index (χ0) is 19.8. The van der Waals surface area contributed by atoms with Crippen molar-refractivity contribution >= 4 is 17.9 Å². The molecule has 0 saturated carbocycles. The molecule has 0 fully saturated rings. The van der Waals surface area contributed by atoms with E-state index in [-0.39, 0.29) is 31.9 Å². The normalized spacial score (nSPS) is 10.3. The molecular formula is C20H23NO6. The Balaban J connectivity index is 2.20. The van der Waals surface area contributed by atoms with E-state index in [4.69, 9.17) is 14.2 Å². The first-order chi connectivity index (χ1) is 12.9. The van der Waals surface area contributed by atoms with Gasteiger partial charge in [0.15, 0.2) is 0 Å². The van der Waals surface area contributed by atoms with Crippen molar-refractivity contribution in [3.05, 3.63) is 58.4 Å². The Morgan fingerprint density at radius 2 is 1.70 bits per heavy atom. The molecule has 1 N–H and O–H groups in total. The molecule has 0 aliphatic rings. The lowest BCUT2D eigenvalue weighted by atomic mass is 10.1. The van der Waals surface area contributed by atoms with Gasteiger partial charge in [-0.25, -0.2) is 4.79 Å². The summed E-state index contributed by atoms with van der Waals surface area (Å²) in [5, 5.41) is 0. The number of esters is 3. The van der Waals surface area contributed by atoms with Gasteiger partial charge in [-0.05, 0) is 30.5 Å². The molecule has 144 valence electrons. The molecule has 2 aromatic rings. The first-order valence-corrected chi connectivity index (χ1v) is 8.62. The number of ether oxygens (including phenoxy) is 3. The SMILES string of the molecule is CCOC(=O)Cc1c(COC(C)=O)[nH]c(C(=O)OCc2ccccc2)c1C. The van der Waals surface area contributed by atoms with Crippen LogP contribution in [-0.2, 0) is 43.4 Å². The van der Waals surface area contributed by atoms with Crippen molar-refractivity contribution in [2.75, 3.05) is 6.61 Å². The molecule has 7 nitrogen and oxygen atoms in total. The van der Waals surface area contributed by atoms with E-state index in [0.29, 0.717) is 16.8 Å². The first kappa shape index (κ1) is 20.2. The molecule has 0 bridgehead atoms. The summed E-state index contributed by atoms with van der Waals surface area (Å²) < 4.78 is 15.3. The fourth-order valence-electron chi connectivity index (χ4n) is 2.59. The molecule has 1 aromatic carbocycles. The minimum absolute atomic E-state index is 0.0290. The fourth-order valence-corrected chi connectivity index (χ4v) is 2.59. The zero-order valence-corrected chi connectivity index (χ0v) is 15.7. The van der Waals surface area contributed by atoms with Crippen molar-refractivity contribution in [3.8, 4) is 0 Å². The number of rotatable bonds is 8. The van der Waals surface area contributed by atoms with E-state index in [1.54, 1.807) is 13.8 Å². The Morgan fingerprint density at radius 1 is 1.00 bits per heavy atom. The average Bonchev–Trinajstić information content (AvgIpc) is 2.95. The summed E-state index contributed by atoms with van der Waals surface area (Å²) in [6.07, 6.45) is -0.0290. The molecule has 0 saturated heterocycles. The van der Waals surface area contributed by atoms with Gasteiger partial charge in [0.2, 0.25) is 0 Å². The molecule has 0 unspecified atom stereocenters. The molecule has 0 aliphatic heterocycles. The lowest BCUT2D eigenvalue weighted by molar-refractivity contribution is -0.142. The molecule has 0 aliphatic carbocycles. The van der Waals surface area contributed by atoms with Crippen LogP contribution in [0.15, 0.2) is 30.3 Å². The predicted molar refractivity (Wildman–Crippen MR) is 96.9 cm³/mol. The molecule has 1 aromatic heterocycles. The van der Waals surface area contributed by atoms with Crippen molar-refractivity contribution in [2.24, 2.45) is 0 Å². The number of aromatic amines is 1. The van der Waals surface area contributed by atoms with Crippen LogP contribution in [0.2, 0.25) is 0 Å². The minimum atomic E-state index is -0.546. The highest BCUT2D eigenvalue weighted by atomic mass is 16.5. The van der Waals surface area contributed by atoms with E-state index < -0.39 is 17.9 Å². The lowest BCUT2D eigenvalue weighted by Gasteiger charge is -2.06. The Morgan fingerprint density at radius 3 is 2.33 bits per heavy atom. The average molecular weight is 373 g/mol. The van der Waals surface area contributed by atoms with Gasteiger partial charge in [0.05, 0.1) is 18.7 Å². The van der Waals surface area contributed by atoms with Gasteiger partial charge < -0.3 is 19.2 Å². The highest BCUT2D eigenvalue weighted by molar-refractivity contribution is 5.90. The van der Waals surface area contributed by atoms with Crippen LogP contribution < -0.4 is 0 Å². The second-order valence-corrected chi connectivity index (χ2v) is 5.91. The molecule has 2 rings (SSSR count). The summed E-state index contributed by atoms with van der Waals surface area (Å²) in [5.74, 6) is -1.43. The van der Waals surface area contributed by atoms with E-state index in [0.717, 1.165) is 5.56 Å². The maximum atomic E-state index is 12.5. The fraction of sp³-hybridized carbons (Fsp3) is 0.350. The van der Waals surface area contributed by atoms with E-state index >= 15 is 0 Å². The quantitative estimate of drug-likeness (QED) is 0.565. The maximum Gasteiger partial charge on any atom is 0.355 e. The van der Waals surface area contributed by atoms with Crippen LogP contribution in [-0.4, -0.2) is 29.5 Å². The van der Waals surface area contributed by atoms with Crippen molar-refractivity contribution in [1.29, 1.82) is 0 Å². The number of H-pyrrole nitrogens is 1. The number of benzene rings is 1. The first-order valence-electron chi connectivity index (χ1n) is 8.62. The highest BCUT2D eigenvalue weighted by Gasteiger charge is 2.23. The van der Waals surface area contributed by atoms with Gasteiger partial charge in [0, 0.05) is 6.92 Å². The van der Waals surface area contributed by atoms with E-state index in [1.807, 2.05) is 30.3 Å². The number of nitrogens with one attached hydrogen (secondary N) is 1. The van der Waals surface area contributed by atoms with Crippen molar-refractivity contribution < 1.29 is 28.6 Å². The topological polar surface area (TPSA) is 94.7 Å². The Kier molecular flexibility index (Phi) is 7.16. The van der Waals surface area contributed by atoms with Crippen LogP contribution in [0.1, 0.15) is 46.7 Å². The minimum Gasteiger partial charge on any atom is -0.466 e. The molecule has 7 heteroatoms. The molecule has 27 heavy (non-hydrogen) atoms. The Bertz CT molecular complexity index is 809. The second kappa shape index (κ2) is 9.56. The zero-order valence-electron chi connectivity index (χ0n) is 15.7. The van der Waals surface area contributed by atoms with E-state index in [2.05, 4.69) is 4.98 Å². The third kappa shape index (κ3) is 5.70. The molecular weight excluding hydrogens is 350 g/mol. The predicted octanol–water partition coefficient (Wildman–Crippen LogP) is 2.85. The monoisotopic (exact) mass is 373 g/mol. The van der Waals surface area contributed by atoms with E-state index in [9.17, 15) is 14.4 Å². The summed E-state index contributed by atoms with van der Waals surface area (Å²) in [7, 11) is 0. The summed E-state index contributed by atoms with van der Waals surface area (Å²) in [6, 6.07) is 9.30. The summed E-state index contributed by atoms with van der Waals surface area (Å²) in [4.78, 5) is 38.4. The van der Waals surface area contributed by atoms with E-state index in [1.165, 1.54) is 6.92 Å². The molecule has 0 radical (unpaired) electrons. The van der Waals surface area contributed by atoms with Crippen LogP contribution in [0.25, 0.3) is 0 Å². The van der Waals surface area contributed by atoms with Gasteiger partial charge >= 0.3 is 17.9 Å². The molecule has 1 heterocycles. The number of hydrogen-bond donors (Lipinski definition) is 1. The van der Waals surface area contributed by atoms with Crippen LogP contribution in [0.4, 0.5) is 0 Å². The van der Waals surface area contributed by atoms with Crippen LogP contribution in [0, 0.1) is 6.92 Å². The second-order valence-electron chi connectivity index (χ2n) is 5.91. The van der Waals surface area contributed by atoms with Crippen molar-refractivity contribution in [2.45, 2.75) is 40.4 Å². The number of aromatic nitrogens is 1. The summed E-state index contributed by atoms with van der Waals surface area (Å²) >= 11 is 0. The van der Waals surface area contributed by atoms with Gasteiger partial charge in [-0.15, -0.1) is 0 Å². The van der Waals surface area contributed by atoms with Gasteiger partial charge in [-0.2, -0.15) is 0 Å². The number of carbonyl (C=O) groups excluding carboxylic acids is 3. The van der Waals surface area contributed by atoms with Crippen LogP contribution >= 0.6 is 0 Å². The van der Waals surface area contributed by atoms with Gasteiger partial charge in [0.1, 0.15) is 18.9 Å². The Labute approximate surface area is 157 Å². The maximum absolute atomic E-state index is 12.5. The van der Waals surface area contributed by atoms with Crippen molar-refractivity contribution in [1.82, 2.24) is 4.98 Å². The highest BCUT2D eigenvalue weighted by Crippen LogP contribution is 2.22. The standard InChI is InChI=1S/C20H23NO6/c1-4-25-18(23)10-16-13(2)19(21-17(16)12-26-14(3)22)20(24)27-11-15-8-6-5-7-9-15/h5-9,21H,4,10-12H2,1-3H3. The largest absolute Gasteiger partial charge is 0.466 e. The van der Waals surface area contributed by atoms with Gasteiger partial charge in [0.25, 0.3) is 0 Å². The summed E-state index contributed by atoms with van der Waals surface area (Å²) in [6.45, 7) is 5.03. The molecule has 0 spiro atoms. The smallest absolute Gasteiger partial charge is 0.355 e. The summed E-state index contributed by atoms with van der Waals surface area (Å²) in [5.41, 5.74) is 2.71. The number of hydrogen-bond acceptors (Lipinski definition) is 6. The molecule has 0 amide bonds. The number of carbonyl (C=O) groups is 3. The van der Waals surface area contributed by atoms with Crippen LogP contribution in [0.5, 0.6) is 0 Å². The third-order valence-corrected chi connectivity index (χ3v) is 3.93. The third-order valence-electron chi connectivity index (χ3n) is 3.93. The van der Waals surface area contributed by atoms with Crippen molar-refractivity contribution in [3.63, 3.8) is 0 Å². The van der Waals surface area contributed by atoms with Gasteiger partial charge in [-0.3, -0.25) is 9.59 Å². The lowest BCUT2D eigenvalue weighted by Crippen LogP contribution is -2.10. The van der Waals surface area contributed by atoms with Crippen LogP contribution in [0.3, 0.4) is 0 Å². The molecule has 0 atom stereocenters.